The topological polar surface area (TPSA) is 0 Å². The molecule has 0 saturated carbocycles. The minimum absolute atomic E-state index is 0.0727. The average Bonchev–Trinajstić information content (AvgIpc) is 2.82. The molecule has 0 saturated heterocycles. The van der Waals surface area contributed by atoms with Crippen LogP contribution in [0.15, 0.2) is 36.4 Å². The van der Waals surface area contributed by atoms with E-state index in [0.29, 0.717) is 0 Å². The van der Waals surface area contributed by atoms with Crippen molar-refractivity contribution in [3.05, 3.63) is 44.9 Å². The molecule has 0 bridgehead atoms. The molecule has 88 valence electrons. The molecule has 0 radical (unpaired) electrons. The fraction of sp³-hybridized carbons (Fsp3) is 0.125. The van der Waals surface area contributed by atoms with Crippen molar-refractivity contribution < 1.29 is 0 Å². The summed E-state index contributed by atoms with van der Waals surface area (Å²) in [5.74, 6) is 0. The molecule has 0 N–H and O–H groups in total. The third-order valence-electron chi connectivity index (χ3n) is 3.36. The molecule has 0 amide bonds. The Kier molecular flexibility index (Phi) is 2.36. The van der Waals surface area contributed by atoms with Crippen LogP contribution in [0.4, 0.5) is 0 Å². The quantitative estimate of drug-likeness (QED) is 0.390. The second kappa shape index (κ2) is 3.84. The molecule has 4 aromatic rings. The van der Waals surface area contributed by atoms with Crippen LogP contribution in [0.5, 0.6) is 0 Å². The number of hydrogen-bond acceptors (Lipinski definition) is 1. The van der Waals surface area contributed by atoms with Gasteiger partial charge in [-0.15, -0.1) is 0 Å². The van der Waals surface area contributed by atoms with Gasteiger partial charge in [0, 0.05) is 0 Å². The Morgan fingerprint density at radius 2 is 1.56 bits per heavy atom. The first kappa shape index (κ1) is 11.1. The Morgan fingerprint density at radius 3 is 2.44 bits per heavy atom. The van der Waals surface area contributed by atoms with Crippen LogP contribution in [-0.2, 0) is 0 Å². The van der Waals surface area contributed by atoms with Crippen molar-refractivity contribution in [3.63, 3.8) is 0 Å². The van der Waals surface area contributed by atoms with Crippen molar-refractivity contribution >= 4 is 61.4 Å². The van der Waals surface area contributed by atoms with Crippen LogP contribution in [0.1, 0.15) is 8.46 Å². The Bertz CT molecular complexity index is 754. The Hall–Kier alpha value is -0.810. The normalized spacial score (nSPS) is 11.9. The van der Waals surface area contributed by atoms with E-state index < -0.39 is 0 Å². The standard InChI is InChI=1S/C16H12STe/c1-9-3-13-5-11-6-14-4-10(2)18-16(14)8-12(11)7-15(13)17-9/h3-8H,1-2H3. The second-order valence-corrected chi connectivity index (χ2v) is 9.81. The van der Waals surface area contributed by atoms with Crippen LogP contribution in [0.25, 0.3) is 29.6 Å². The van der Waals surface area contributed by atoms with Crippen molar-refractivity contribution in [3.8, 4) is 0 Å². The Morgan fingerprint density at radius 1 is 0.778 bits per heavy atom. The van der Waals surface area contributed by atoms with Gasteiger partial charge in [0.1, 0.15) is 0 Å². The van der Waals surface area contributed by atoms with E-state index in [0.717, 1.165) is 0 Å². The second-order valence-electron chi connectivity index (χ2n) is 4.84. The van der Waals surface area contributed by atoms with E-state index in [1.807, 2.05) is 11.3 Å². The maximum atomic E-state index is 2.42. The molecular formula is C16H12STe. The number of thiophene rings is 1. The molecule has 2 heteroatoms. The van der Waals surface area contributed by atoms with Gasteiger partial charge in [0.2, 0.25) is 0 Å². The van der Waals surface area contributed by atoms with Gasteiger partial charge in [-0.2, -0.15) is 0 Å². The summed E-state index contributed by atoms with van der Waals surface area (Å²) >= 11 is 1.83. The molecule has 2 heterocycles. The fourth-order valence-corrected chi connectivity index (χ4v) is 6.27. The van der Waals surface area contributed by atoms with Gasteiger partial charge in [-0.3, -0.25) is 0 Å². The summed E-state index contributed by atoms with van der Waals surface area (Å²) < 4.78 is 4.63. The number of benzene rings is 2. The molecule has 0 atom stereocenters. The van der Waals surface area contributed by atoms with Crippen LogP contribution >= 0.6 is 11.3 Å². The van der Waals surface area contributed by atoms with E-state index in [9.17, 15) is 0 Å². The van der Waals surface area contributed by atoms with Crippen molar-refractivity contribution in [1.82, 2.24) is 0 Å². The van der Waals surface area contributed by atoms with E-state index in [1.165, 1.54) is 31.1 Å². The SMILES string of the molecule is Cc1cc2cc3cc4cc(C)[te]c4cc3cc2s1. The first-order chi connectivity index (χ1) is 8.69. The van der Waals surface area contributed by atoms with Crippen LogP contribution in [0.2, 0.25) is 0 Å². The molecule has 0 spiro atoms. The molecule has 0 aliphatic heterocycles. The van der Waals surface area contributed by atoms with Gasteiger partial charge in [0.25, 0.3) is 0 Å². The maximum absolute atomic E-state index is 2.42. The zero-order chi connectivity index (χ0) is 12.3. The minimum atomic E-state index is -0.0727. The molecule has 0 aliphatic rings. The van der Waals surface area contributed by atoms with E-state index in [1.54, 1.807) is 6.98 Å². The molecule has 0 unspecified atom stereocenters. The first-order valence-corrected chi connectivity index (χ1v) is 9.18. The number of rotatable bonds is 0. The predicted molar refractivity (Wildman–Crippen MR) is 83.3 cm³/mol. The van der Waals surface area contributed by atoms with Gasteiger partial charge in [-0.25, -0.2) is 0 Å². The van der Waals surface area contributed by atoms with Crippen LogP contribution < -0.4 is 0 Å². The third-order valence-corrected chi connectivity index (χ3v) is 7.26. The molecule has 2 aromatic carbocycles. The summed E-state index contributed by atoms with van der Waals surface area (Å²) in [6.45, 7) is 4.46. The monoisotopic (exact) mass is 366 g/mol. The molecule has 0 aliphatic carbocycles. The van der Waals surface area contributed by atoms with Gasteiger partial charge in [-0.1, -0.05) is 0 Å². The van der Waals surface area contributed by atoms with E-state index in [2.05, 4.69) is 50.2 Å². The number of hydrogen-bond donors (Lipinski definition) is 0. The molecule has 18 heavy (non-hydrogen) atoms. The predicted octanol–water partition coefficient (Wildman–Crippen LogP) is 4.88. The zero-order valence-corrected chi connectivity index (χ0v) is 13.4. The van der Waals surface area contributed by atoms with Crippen molar-refractivity contribution in [2.45, 2.75) is 13.8 Å². The van der Waals surface area contributed by atoms with E-state index >= 15 is 0 Å². The van der Waals surface area contributed by atoms with Crippen molar-refractivity contribution in [2.24, 2.45) is 0 Å². The van der Waals surface area contributed by atoms with Gasteiger partial charge in [0.15, 0.2) is 0 Å². The third kappa shape index (κ3) is 1.64. The van der Waals surface area contributed by atoms with Crippen LogP contribution in [-0.4, -0.2) is 20.4 Å². The molecule has 0 nitrogen and oxygen atoms in total. The molecule has 0 fully saturated rings. The average molecular weight is 364 g/mol. The Labute approximate surface area is 119 Å². The summed E-state index contributed by atoms with van der Waals surface area (Å²) in [7, 11) is 0. The summed E-state index contributed by atoms with van der Waals surface area (Å²) in [6.07, 6.45) is 0. The van der Waals surface area contributed by atoms with E-state index in [-0.39, 0.29) is 20.4 Å². The summed E-state index contributed by atoms with van der Waals surface area (Å²) in [6, 6.07) is 14.2. The zero-order valence-electron chi connectivity index (χ0n) is 10.3. The fourth-order valence-electron chi connectivity index (χ4n) is 2.59. The van der Waals surface area contributed by atoms with Crippen molar-refractivity contribution in [1.29, 1.82) is 0 Å². The van der Waals surface area contributed by atoms with Crippen molar-refractivity contribution in [2.75, 3.05) is 0 Å². The van der Waals surface area contributed by atoms with Gasteiger partial charge >= 0.3 is 120 Å². The van der Waals surface area contributed by atoms with E-state index in [4.69, 9.17) is 0 Å². The van der Waals surface area contributed by atoms with Crippen LogP contribution in [0.3, 0.4) is 0 Å². The number of fused-ring (bicyclic) bond motifs is 3. The number of aryl methyl sites for hydroxylation is 2. The van der Waals surface area contributed by atoms with Gasteiger partial charge < -0.3 is 0 Å². The summed E-state index contributed by atoms with van der Waals surface area (Å²) in [5.41, 5.74) is 0. The summed E-state index contributed by atoms with van der Waals surface area (Å²) in [5, 5.41) is 5.66. The van der Waals surface area contributed by atoms with Gasteiger partial charge in [0.05, 0.1) is 0 Å². The first-order valence-electron chi connectivity index (χ1n) is 6.03. The molecule has 2 aromatic heterocycles. The molecular weight excluding hydrogens is 352 g/mol. The Balaban J connectivity index is 2.17. The van der Waals surface area contributed by atoms with Crippen LogP contribution in [0, 0.1) is 13.8 Å². The summed E-state index contributed by atoms with van der Waals surface area (Å²) in [4.78, 5) is 1.40. The van der Waals surface area contributed by atoms with Gasteiger partial charge in [-0.05, 0) is 0 Å². The molecule has 4 rings (SSSR count).